The average Bonchev–Trinajstić information content (AvgIpc) is 2.84. The lowest BCUT2D eigenvalue weighted by atomic mass is 10.2. The van der Waals surface area contributed by atoms with Crippen LogP contribution in [-0.4, -0.2) is 24.4 Å². The van der Waals surface area contributed by atoms with Crippen LogP contribution >= 0.6 is 11.8 Å². The van der Waals surface area contributed by atoms with Crippen LogP contribution < -0.4 is 19.5 Å². The van der Waals surface area contributed by atoms with Gasteiger partial charge in [-0.15, -0.1) is 0 Å². The maximum Gasteiger partial charge on any atom is 0.283 e. The van der Waals surface area contributed by atoms with E-state index in [0.29, 0.717) is 34.4 Å². The van der Waals surface area contributed by atoms with Crippen molar-refractivity contribution in [1.82, 2.24) is 4.98 Å². The molecule has 0 aliphatic carbocycles. The van der Waals surface area contributed by atoms with Crippen LogP contribution in [0.4, 0.5) is 10.5 Å². The summed E-state index contributed by atoms with van der Waals surface area (Å²) in [6, 6.07) is 20.9. The SMILES string of the molecule is COc1cc2nccc(Oc3ccc(NC(=O)SCc4ccc(C)cc4)cc3)c2cc1OC. The number of aryl methyl sites for hydroxylation is 1. The third-order valence-electron chi connectivity index (χ3n) is 5.03. The Morgan fingerprint density at radius 2 is 1.61 bits per heavy atom. The summed E-state index contributed by atoms with van der Waals surface area (Å²) in [5.41, 5.74) is 3.76. The molecule has 4 rings (SSSR count). The molecular weight excluding hydrogens is 436 g/mol. The number of amides is 1. The number of pyridine rings is 1. The van der Waals surface area contributed by atoms with Gasteiger partial charge in [0, 0.05) is 29.1 Å². The standard InChI is InChI=1S/C26H24N2O4S/c1-17-4-6-18(7-5-17)16-33-26(29)28-19-8-10-20(11-9-19)32-23-12-13-27-22-15-25(31-3)24(30-2)14-21(22)23/h4-15H,16H2,1-3H3,(H,28,29). The fourth-order valence-corrected chi connectivity index (χ4v) is 3.94. The van der Waals surface area contributed by atoms with E-state index >= 15 is 0 Å². The highest BCUT2D eigenvalue weighted by Gasteiger charge is 2.11. The van der Waals surface area contributed by atoms with Crippen molar-refractivity contribution in [3.8, 4) is 23.0 Å². The van der Waals surface area contributed by atoms with Crippen LogP contribution in [0.1, 0.15) is 11.1 Å². The quantitative estimate of drug-likeness (QED) is 0.326. The number of aromatic nitrogens is 1. The molecule has 0 atom stereocenters. The second-order valence-electron chi connectivity index (χ2n) is 7.35. The number of methoxy groups -OCH3 is 2. The van der Waals surface area contributed by atoms with E-state index in [2.05, 4.69) is 10.3 Å². The molecule has 0 radical (unpaired) electrons. The predicted octanol–water partition coefficient (Wildman–Crippen LogP) is 6.82. The third kappa shape index (κ3) is 5.56. The van der Waals surface area contributed by atoms with E-state index in [1.807, 2.05) is 67.6 Å². The Morgan fingerprint density at radius 3 is 2.30 bits per heavy atom. The number of carbonyl (C=O) groups excluding carboxylic acids is 1. The van der Waals surface area contributed by atoms with Gasteiger partial charge in [-0.2, -0.15) is 0 Å². The second-order valence-corrected chi connectivity index (χ2v) is 8.29. The molecule has 168 valence electrons. The Balaban J connectivity index is 1.41. The zero-order valence-corrected chi connectivity index (χ0v) is 19.4. The van der Waals surface area contributed by atoms with E-state index < -0.39 is 0 Å². The molecule has 6 nitrogen and oxygen atoms in total. The molecule has 1 amide bonds. The lowest BCUT2D eigenvalue weighted by Crippen LogP contribution is -2.05. The molecule has 0 bridgehead atoms. The van der Waals surface area contributed by atoms with Gasteiger partial charge in [0.1, 0.15) is 11.5 Å². The summed E-state index contributed by atoms with van der Waals surface area (Å²) in [5.74, 6) is 3.12. The Labute approximate surface area is 196 Å². The van der Waals surface area contributed by atoms with Crippen LogP contribution in [0.2, 0.25) is 0 Å². The molecule has 3 aromatic carbocycles. The number of carbonyl (C=O) groups is 1. The van der Waals surface area contributed by atoms with Gasteiger partial charge >= 0.3 is 0 Å². The molecule has 0 aliphatic heterocycles. The van der Waals surface area contributed by atoms with Crippen LogP contribution in [0.15, 0.2) is 72.9 Å². The van der Waals surface area contributed by atoms with Gasteiger partial charge in [0.05, 0.1) is 19.7 Å². The molecule has 0 aliphatic rings. The highest BCUT2D eigenvalue weighted by atomic mass is 32.2. The first-order valence-corrected chi connectivity index (χ1v) is 11.3. The van der Waals surface area contributed by atoms with Crippen LogP contribution in [0.3, 0.4) is 0 Å². The highest BCUT2D eigenvalue weighted by Crippen LogP contribution is 2.37. The summed E-state index contributed by atoms with van der Waals surface area (Å²) in [4.78, 5) is 16.7. The van der Waals surface area contributed by atoms with E-state index in [1.165, 1.54) is 17.3 Å². The van der Waals surface area contributed by atoms with Crippen LogP contribution in [0.5, 0.6) is 23.0 Å². The van der Waals surface area contributed by atoms with Crippen molar-refractivity contribution >= 4 is 33.6 Å². The Bertz CT molecular complexity index is 1260. The van der Waals surface area contributed by atoms with E-state index in [0.717, 1.165) is 16.5 Å². The lowest BCUT2D eigenvalue weighted by Gasteiger charge is -2.12. The number of nitrogens with zero attached hydrogens (tertiary/aromatic N) is 1. The van der Waals surface area contributed by atoms with E-state index in [4.69, 9.17) is 14.2 Å². The molecule has 0 saturated carbocycles. The first-order valence-electron chi connectivity index (χ1n) is 10.3. The minimum Gasteiger partial charge on any atom is -0.493 e. The zero-order valence-electron chi connectivity index (χ0n) is 18.6. The van der Waals surface area contributed by atoms with Crippen molar-refractivity contribution < 1.29 is 19.0 Å². The fraction of sp³-hybridized carbons (Fsp3) is 0.154. The van der Waals surface area contributed by atoms with Gasteiger partial charge < -0.3 is 19.5 Å². The van der Waals surface area contributed by atoms with Crippen LogP contribution in [-0.2, 0) is 5.75 Å². The molecular formula is C26H24N2O4S. The topological polar surface area (TPSA) is 69.7 Å². The normalized spacial score (nSPS) is 10.6. The smallest absolute Gasteiger partial charge is 0.283 e. The molecule has 1 aromatic heterocycles. The minimum absolute atomic E-state index is 0.106. The van der Waals surface area contributed by atoms with Crippen molar-refractivity contribution in [3.63, 3.8) is 0 Å². The van der Waals surface area contributed by atoms with Crippen molar-refractivity contribution in [2.24, 2.45) is 0 Å². The number of hydrogen-bond donors (Lipinski definition) is 1. The summed E-state index contributed by atoms with van der Waals surface area (Å²) in [6.07, 6.45) is 1.68. The number of anilines is 1. The molecule has 0 spiro atoms. The van der Waals surface area contributed by atoms with E-state index in [-0.39, 0.29) is 5.24 Å². The van der Waals surface area contributed by atoms with Gasteiger partial charge in [-0.05, 0) is 48.9 Å². The van der Waals surface area contributed by atoms with Gasteiger partial charge in [-0.3, -0.25) is 9.78 Å². The first-order chi connectivity index (χ1) is 16.1. The molecule has 1 N–H and O–H groups in total. The highest BCUT2D eigenvalue weighted by molar-refractivity contribution is 8.13. The number of nitrogens with one attached hydrogen (secondary N) is 1. The monoisotopic (exact) mass is 460 g/mol. The minimum atomic E-state index is -0.106. The van der Waals surface area contributed by atoms with Gasteiger partial charge in [-0.25, -0.2) is 0 Å². The maximum absolute atomic E-state index is 12.3. The number of rotatable bonds is 7. The largest absolute Gasteiger partial charge is 0.493 e. The van der Waals surface area contributed by atoms with Crippen molar-refractivity contribution in [3.05, 3.63) is 84.1 Å². The van der Waals surface area contributed by atoms with Crippen LogP contribution in [0.25, 0.3) is 10.9 Å². The molecule has 1 heterocycles. The summed E-state index contributed by atoms with van der Waals surface area (Å²) in [7, 11) is 3.18. The van der Waals surface area contributed by atoms with Crippen molar-refractivity contribution in [1.29, 1.82) is 0 Å². The summed E-state index contributed by atoms with van der Waals surface area (Å²) >= 11 is 1.23. The van der Waals surface area contributed by atoms with E-state index in [9.17, 15) is 4.79 Å². The molecule has 33 heavy (non-hydrogen) atoms. The number of hydrogen-bond acceptors (Lipinski definition) is 6. The maximum atomic E-state index is 12.3. The summed E-state index contributed by atoms with van der Waals surface area (Å²) in [5, 5.41) is 3.60. The number of fused-ring (bicyclic) bond motifs is 1. The lowest BCUT2D eigenvalue weighted by molar-refractivity contribution is 0.269. The second kappa shape index (κ2) is 10.3. The first kappa shape index (κ1) is 22.5. The van der Waals surface area contributed by atoms with E-state index in [1.54, 1.807) is 26.5 Å². The molecule has 0 unspecified atom stereocenters. The molecule has 0 saturated heterocycles. The third-order valence-corrected chi connectivity index (χ3v) is 5.87. The fourth-order valence-electron chi connectivity index (χ4n) is 3.26. The Morgan fingerprint density at radius 1 is 0.909 bits per heavy atom. The van der Waals surface area contributed by atoms with Crippen molar-refractivity contribution in [2.75, 3.05) is 19.5 Å². The van der Waals surface area contributed by atoms with Gasteiger partial charge in [0.2, 0.25) is 0 Å². The Hall–Kier alpha value is -3.71. The van der Waals surface area contributed by atoms with Crippen molar-refractivity contribution in [2.45, 2.75) is 12.7 Å². The average molecular weight is 461 g/mol. The summed E-state index contributed by atoms with van der Waals surface area (Å²) in [6.45, 7) is 2.04. The van der Waals surface area contributed by atoms with Gasteiger partial charge in [0.15, 0.2) is 11.5 Å². The molecule has 7 heteroatoms. The number of benzene rings is 3. The van der Waals surface area contributed by atoms with Crippen LogP contribution in [0, 0.1) is 6.92 Å². The zero-order chi connectivity index (χ0) is 23.2. The predicted molar refractivity (Wildman–Crippen MR) is 133 cm³/mol. The number of thioether (sulfide) groups is 1. The molecule has 4 aromatic rings. The van der Waals surface area contributed by atoms with Gasteiger partial charge in [-0.1, -0.05) is 41.6 Å². The summed E-state index contributed by atoms with van der Waals surface area (Å²) < 4.78 is 16.8. The Kier molecular flexibility index (Phi) is 7.00. The number of ether oxygens (including phenoxy) is 3. The van der Waals surface area contributed by atoms with Gasteiger partial charge in [0.25, 0.3) is 5.24 Å². The molecule has 0 fully saturated rings.